The van der Waals surface area contributed by atoms with E-state index < -0.39 is 11.7 Å². The van der Waals surface area contributed by atoms with Crippen LogP contribution in [-0.2, 0) is 0 Å². The van der Waals surface area contributed by atoms with Crippen LogP contribution in [-0.4, -0.2) is 44.8 Å². The minimum Gasteiger partial charge on any atom is -0.394 e. The molecule has 9 atom stereocenters. The normalized spacial score (nSPS) is 56.6. The van der Waals surface area contributed by atoms with Gasteiger partial charge in [-0.1, -0.05) is 13.8 Å². The van der Waals surface area contributed by atoms with E-state index in [1.165, 1.54) is 12.8 Å². The minimum absolute atomic E-state index is 0.111. The molecule has 4 nitrogen and oxygen atoms in total. The highest BCUT2D eigenvalue weighted by atomic mass is 16.4. The van der Waals surface area contributed by atoms with Gasteiger partial charge in [0.05, 0.1) is 18.3 Å². The molecule has 25 heavy (non-hydrogen) atoms. The van der Waals surface area contributed by atoms with Gasteiger partial charge in [0.15, 0.2) is 0 Å². The predicted octanol–water partition coefficient (Wildman–Crippen LogP) is 2.47. The Morgan fingerprint density at radius 3 is 2.40 bits per heavy atom. The number of hydrogen-bond acceptors (Lipinski definition) is 4. The summed E-state index contributed by atoms with van der Waals surface area (Å²) in [6.07, 6.45) is 7.92. The van der Waals surface area contributed by atoms with Crippen molar-refractivity contribution in [2.75, 3.05) is 6.61 Å². The van der Waals surface area contributed by atoms with Crippen molar-refractivity contribution >= 4 is 0 Å². The number of hydrogen-bond donors (Lipinski definition) is 4. The molecular formula is C21H36O4. The van der Waals surface area contributed by atoms with Crippen molar-refractivity contribution < 1.29 is 20.4 Å². The fourth-order valence-electron chi connectivity index (χ4n) is 7.98. The van der Waals surface area contributed by atoms with Gasteiger partial charge in [0.25, 0.3) is 0 Å². The topological polar surface area (TPSA) is 80.9 Å². The molecule has 0 aromatic rings. The van der Waals surface area contributed by atoms with Gasteiger partial charge in [-0.2, -0.15) is 0 Å². The zero-order valence-electron chi connectivity index (χ0n) is 15.8. The molecule has 0 spiro atoms. The lowest BCUT2D eigenvalue weighted by molar-refractivity contribution is -0.196. The molecule has 4 rings (SSSR count). The third kappa shape index (κ3) is 2.33. The van der Waals surface area contributed by atoms with E-state index in [9.17, 15) is 20.4 Å². The molecule has 0 aromatic heterocycles. The molecule has 0 radical (unpaired) electrons. The van der Waals surface area contributed by atoms with Crippen LogP contribution in [0.15, 0.2) is 0 Å². The number of aliphatic hydroxyl groups excluding tert-OH is 3. The van der Waals surface area contributed by atoms with Crippen molar-refractivity contribution in [1.82, 2.24) is 0 Å². The van der Waals surface area contributed by atoms with Gasteiger partial charge >= 0.3 is 0 Å². The quantitative estimate of drug-likeness (QED) is 0.615. The molecule has 4 aliphatic rings. The van der Waals surface area contributed by atoms with E-state index in [1.807, 2.05) is 0 Å². The molecule has 4 aliphatic carbocycles. The van der Waals surface area contributed by atoms with Crippen molar-refractivity contribution in [3.8, 4) is 0 Å². The van der Waals surface area contributed by atoms with Crippen LogP contribution < -0.4 is 0 Å². The van der Waals surface area contributed by atoms with E-state index in [4.69, 9.17) is 0 Å². The highest BCUT2D eigenvalue weighted by Crippen LogP contribution is 2.68. The Bertz CT molecular complexity index is 524. The number of fused-ring (bicyclic) bond motifs is 5. The van der Waals surface area contributed by atoms with Gasteiger partial charge in [-0.3, -0.25) is 0 Å². The first-order valence-electron chi connectivity index (χ1n) is 10.5. The summed E-state index contributed by atoms with van der Waals surface area (Å²) in [5.74, 6) is 2.40. The Hall–Kier alpha value is -0.160. The molecule has 0 amide bonds. The van der Waals surface area contributed by atoms with Crippen LogP contribution in [0.5, 0.6) is 0 Å². The second-order valence-corrected chi connectivity index (χ2v) is 10.2. The van der Waals surface area contributed by atoms with Gasteiger partial charge in [-0.05, 0) is 86.9 Å². The average molecular weight is 353 g/mol. The molecule has 0 aromatic carbocycles. The molecule has 4 fully saturated rings. The molecule has 0 saturated heterocycles. The monoisotopic (exact) mass is 352 g/mol. The fourth-order valence-corrected chi connectivity index (χ4v) is 7.98. The summed E-state index contributed by atoms with van der Waals surface area (Å²) >= 11 is 0. The molecule has 0 heterocycles. The summed E-state index contributed by atoms with van der Waals surface area (Å²) in [6, 6.07) is 0. The van der Waals surface area contributed by atoms with Crippen molar-refractivity contribution in [2.24, 2.45) is 34.5 Å². The van der Waals surface area contributed by atoms with E-state index >= 15 is 0 Å². The van der Waals surface area contributed by atoms with Crippen LogP contribution in [0.25, 0.3) is 0 Å². The highest BCUT2D eigenvalue weighted by Gasteiger charge is 2.66. The third-order valence-corrected chi connectivity index (χ3v) is 9.58. The first-order valence-corrected chi connectivity index (χ1v) is 10.5. The van der Waals surface area contributed by atoms with E-state index in [1.54, 1.807) is 0 Å². The Labute approximate surface area is 151 Å². The molecule has 0 unspecified atom stereocenters. The van der Waals surface area contributed by atoms with Crippen LogP contribution in [0, 0.1) is 34.5 Å². The van der Waals surface area contributed by atoms with E-state index in [2.05, 4.69) is 13.8 Å². The zero-order valence-corrected chi connectivity index (χ0v) is 15.8. The smallest absolute Gasteiger partial charge is 0.106 e. The van der Waals surface area contributed by atoms with Gasteiger partial charge in [0, 0.05) is 5.41 Å². The van der Waals surface area contributed by atoms with Crippen LogP contribution in [0.4, 0.5) is 0 Å². The average Bonchev–Trinajstić information content (AvgIpc) is 2.87. The maximum absolute atomic E-state index is 11.3. The maximum atomic E-state index is 11.3. The lowest BCUT2D eigenvalue weighted by Gasteiger charge is -2.61. The van der Waals surface area contributed by atoms with E-state index in [0.29, 0.717) is 35.5 Å². The molecular weight excluding hydrogens is 316 g/mol. The Morgan fingerprint density at radius 2 is 1.68 bits per heavy atom. The van der Waals surface area contributed by atoms with Crippen molar-refractivity contribution in [2.45, 2.75) is 89.4 Å². The van der Waals surface area contributed by atoms with Crippen LogP contribution >= 0.6 is 0 Å². The third-order valence-electron chi connectivity index (χ3n) is 9.58. The first-order chi connectivity index (χ1) is 11.8. The summed E-state index contributed by atoms with van der Waals surface area (Å²) in [5, 5.41) is 41.3. The number of aliphatic hydroxyl groups is 4. The van der Waals surface area contributed by atoms with Crippen LogP contribution in [0.3, 0.4) is 0 Å². The summed E-state index contributed by atoms with van der Waals surface area (Å²) in [4.78, 5) is 0. The second-order valence-electron chi connectivity index (χ2n) is 10.2. The van der Waals surface area contributed by atoms with E-state index in [-0.39, 0.29) is 18.1 Å². The molecule has 0 bridgehead atoms. The summed E-state index contributed by atoms with van der Waals surface area (Å²) in [7, 11) is 0. The summed E-state index contributed by atoms with van der Waals surface area (Å²) in [6.45, 7) is 4.27. The lowest BCUT2D eigenvalue weighted by Crippen LogP contribution is -2.60. The van der Waals surface area contributed by atoms with Gasteiger partial charge in [0.1, 0.15) is 6.10 Å². The zero-order chi connectivity index (χ0) is 18.0. The lowest BCUT2D eigenvalue weighted by atomic mass is 9.44. The molecule has 4 heteroatoms. The fraction of sp³-hybridized carbons (Fsp3) is 1.00. The van der Waals surface area contributed by atoms with Gasteiger partial charge in [-0.15, -0.1) is 0 Å². The number of rotatable bonds is 2. The summed E-state index contributed by atoms with van der Waals surface area (Å²) in [5.41, 5.74) is -1.09. The Kier molecular flexibility index (Phi) is 4.31. The van der Waals surface area contributed by atoms with Gasteiger partial charge < -0.3 is 20.4 Å². The summed E-state index contributed by atoms with van der Waals surface area (Å²) < 4.78 is 0. The Morgan fingerprint density at radius 1 is 0.960 bits per heavy atom. The van der Waals surface area contributed by atoms with Gasteiger partial charge in [0.2, 0.25) is 0 Å². The maximum Gasteiger partial charge on any atom is 0.106 e. The van der Waals surface area contributed by atoms with Crippen molar-refractivity contribution in [3.63, 3.8) is 0 Å². The van der Waals surface area contributed by atoms with E-state index in [0.717, 1.165) is 38.5 Å². The SMILES string of the molecule is C[C@]12CC[C@@H](O)C[C@H]1CC[C@@H]1[C@@H]2CC[C@@]2(C)[C@H]1CC[C@]2(O)[C@@H](O)CO. The highest BCUT2D eigenvalue weighted by molar-refractivity contribution is 5.15. The molecule has 0 aliphatic heterocycles. The molecule has 4 saturated carbocycles. The van der Waals surface area contributed by atoms with Crippen LogP contribution in [0.1, 0.15) is 71.6 Å². The predicted molar refractivity (Wildman–Crippen MR) is 95.8 cm³/mol. The standard InChI is InChI=1S/C21H36O4/c1-19-8-5-14(23)11-13(19)3-4-15-16(19)6-9-20(2)17(15)7-10-21(20,25)18(24)12-22/h13-18,22-25H,3-12H2,1-2H3/t13-,14-,15-,16+,17+,18+,19+,20+,21+/m1/s1. The largest absolute Gasteiger partial charge is 0.394 e. The minimum atomic E-state index is -1.14. The molecule has 4 N–H and O–H groups in total. The first kappa shape index (κ1) is 18.2. The van der Waals surface area contributed by atoms with Crippen LogP contribution in [0.2, 0.25) is 0 Å². The van der Waals surface area contributed by atoms with Crippen molar-refractivity contribution in [3.05, 3.63) is 0 Å². The van der Waals surface area contributed by atoms with Gasteiger partial charge in [-0.25, -0.2) is 0 Å². The molecule has 144 valence electrons. The Balaban J connectivity index is 1.62. The van der Waals surface area contributed by atoms with Crippen molar-refractivity contribution in [1.29, 1.82) is 0 Å². The second kappa shape index (κ2) is 5.92.